The van der Waals surface area contributed by atoms with Crippen molar-refractivity contribution in [3.8, 4) is 0 Å². The predicted octanol–water partition coefficient (Wildman–Crippen LogP) is 2.98. The van der Waals surface area contributed by atoms with Crippen LogP contribution in [0.3, 0.4) is 0 Å². The first-order valence-electron chi connectivity index (χ1n) is 9.60. The van der Waals surface area contributed by atoms with Crippen molar-refractivity contribution in [3.05, 3.63) is 35.9 Å². The second-order valence-corrected chi connectivity index (χ2v) is 9.66. The SMILES string of the molecule is COC(=O)C(CC(C)C)N(C(=O)OC(C)(C)C)S(=O)(=O)NC(=O)OCc1ccccc1. The quantitative estimate of drug-likeness (QED) is 0.465. The highest BCUT2D eigenvalue weighted by molar-refractivity contribution is 7.88. The molecule has 10 nitrogen and oxygen atoms in total. The summed E-state index contributed by atoms with van der Waals surface area (Å²) in [7, 11) is -3.80. The normalized spacial score (nSPS) is 12.6. The van der Waals surface area contributed by atoms with Gasteiger partial charge in [-0.2, -0.15) is 12.7 Å². The van der Waals surface area contributed by atoms with Crippen molar-refractivity contribution in [2.75, 3.05) is 7.11 Å². The van der Waals surface area contributed by atoms with E-state index in [1.54, 1.807) is 48.9 Å². The molecule has 0 aromatic heterocycles. The zero-order valence-electron chi connectivity index (χ0n) is 18.6. The number of nitrogens with zero attached hydrogens (tertiary/aromatic N) is 1. The Bertz CT molecular complexity index is 863. The van der Waals surface area contributed by atoms with E-state index >= 15 is 0 Å². The van der Waals surface area contributed by atoms with Crippen LogP contribution in [0.25, 0.3) is 0 Å². The molecular formula is C20H30N2O8S. The molecule has 1 atom stereocenters. The van der Waals surface area contributed by atoms with Gasteiger partial charge in [0.1, 0.15) is 12.2 Å². The fraction of sp³-hybridized carbons (Fsp3) is 0.550. The minimum Gasteiger partial charge on any atom is -0.467 e. The number of amides is 2. The minimum absolute atomic E-state index is 0.0497. The summed E-state index contributed by atoms with van der Waals surface area (Å²) >= 11 is 0. The Morgan fingerprint density at radius 1 is 1.10 bits per heavy atom. The summed E-state index contributed by atoms with van der Waals surface area (Å²) < 4.78 is 42.5. The number of carbonyl (C=O) groups is 3. The van der Waals surface area contributed by atoms with Crippen LogP contribution in [0.1, 0.15) is 46.6 Å². The first kappa shape index (κ1) is 26.2. The maximum absolute atomic E-state index is 12.9. The topological polar surface area (TPSA) is 128 Å². The van der Waals surface area contributed by atoms with Crippen molar-refractivity contribution in [2.24, 2.45) is 5.92 Å². The molecule has 0 bridgehead atoms. The fourth-order valence-corrected chi connectivity index (χ4v) is 3.59. The van der Waals surface area contributed by atoms with Gasteiger partial charge in [0.25, 0.3) is 0 Å². The van der Waals surface area contributed by atoms with E-state index in [2.05, 4.69) is 4.74 Å². The largest absolute Gasteiger partial charge is 0.467 e. The van der Waals surface area contributed by atoms with Gasteiger partial charge in [-0.15, -0.1) is 0 Å². The van der Waals surface area contributed by atoms with Crippen molar-refractivity contribution >= 4 is 28.4 Å². The molecule has 0 aliphatic heterocycles. The average Bonchev–Trinajstić information content (AvgIpc) is 2.63. The van der Waals surface area contributed by atoms with Gasteiger partial charge >= 0.3 is 28.4 Å². The molecule has 0 heterocycles. The van der Waals surface area contributed by atoms with E-state index in [1.807, 2.05) is 0 Å². The van der Waals surface area contributed by atoms with Crippen LogP contribution < -0.4 is 4.72 Å². The number of esters is 1. The Hall–Kier alpha value is -2.82. The Morgan fingerprint density at radius 3 is 2.16 bits per heavy atom. The van der Waals surface area contributed by atoms with Crippen LogP contribution in [0.2, 0.25) is 0 Å². The Kier molecular flexibility index (Phi) is 9.29. The number of benzene rings is 1. The summed E-state index contributed by atoms with van der Waals surface area (Å²) in [6.07, 6.45) is -2.69. The molecule has 11 heteroatoms. The van der Waals surface area contributed by atoms with Crippen molar-refractivity contribution in [2.45, 2.75) is 59.3 Å². The summed E-state index contributed by atoms with van der Waals surface area (Å²) in [5, 5.41) is 0. The van der Waals surface area contributed by atoms with Gasteiger partial charge in [0.05, 0.1) is 7.11 Å². The molecule has 0 spiro atoms. The van der Waals surface area contributed by atoms with E-state index in [9.17, 15) is 22.8 Å². The summed E-state index contributed by atoms with van der Waals surface area (Å²) in [4.78, 5) is 37.2. The van der Waals surface area contributed by atoms with E-state index < -0.39 is 40.0 Å². The highest BCUT2D eigenvalue weighted by Crippen LogP contribution is 2.20. The first-order chi connectivity index (χ1) is 14.3. The molecule has 1 N–H and O–H groups in total. The lowest BCUT2D eigenvalue weighted by atomic mass is 10.0. The third-order valence-electron chi connectivity index (χ3n) is 3.71. The molecular weight excluding hydrogens is 428 g/mol. The van der Waals surface area contributed by atoms with E-state index in [4.69, 9.17) is 9.47 Å². The summed E-state index contributed by atoms with van der Waals surface area (Å²) in [6.45, 7) is 7.88. The number of carbonyl (C=O) groups excluding carboxylic acids is 3. The molecule has 174 valence electrons. The van der Waals surface area contributed by atoms with Crippen molar-refractivity contribution in [1.29, 1.82) is 0 Å². The lowest BCUT2D eigenvalue weighted by Crippen LogP contribution is -2.55. The maximum Gasteiger partial charge on any atom is 0.426 e. The molecule has 31 heavy (non-hydrogen) atoms. The highest BCUT2D eigenvalue weighted by atomic mass is 32.2. The first-order valence-corrected chi connectivity index (χ1v) is 11.0. The van der Waals surface area contributed by atoms with Gasteiger partial charge in [0, 0.05) is 0 Å². The van der Waals surface area contributed by atoms with E-state index in [0.717, 1.165) is 7.11 Å². The summed E-state index contributed by atoms with van der Waals surface area (Å²) in [5.74, 6) is -1.16. The highest BCUT2D eigenvalue weighted by Gasteiger charge is 2.43. The van der Waals surface area contributed by atoms with E-state index in [1.165, 1.54) is 20.8 Å². The van der Waals surface area contributed by atoms with Crippen LogP contribution in [-0.2, 0) is 35.8 Å². The third-order valence-corrected chi connectivity index (χ3v) is 5.05. The molecule has 0 aliphatic carbocycles. The molecule has 0 fully saturated rings. The molecule has 1 unspecified atom stereocenters. The van der Waals surface area contributed by atoms with Gasteiger partial charge in [-0.3, -0.25) is 0 Å². The Labute approximate surface area is 183 Å². The van der Waals surface area contributed by atoms with Gasteiger partial charge in [-0.05, 0) is 38.7 Å². The smallest absolute Gasteiger partial charge is 0.426 e. The second kappa shape index (κ2) is 11.0. The lowest BCUT2D eigenvalue weighted by molar-refractivity contribution is -0.145. The maximum atomic E-state index is 12.9. The number of hydrogen-bond donors (Lipinski definition) is 1. The van der Waals surface area contributed by atoms with Crippen LogP contribution in [0.15, 0.2) is 30.3 Å². The van der Waals surface area contributed by atoms with Gasteiger partial charge in [-0.1, -0.05) is 44.2 Å². The number of hydrogen-bond acceptors (Lipinski definition) is 8. The van der Waals surface area contributed by atoms with Crippen molar-refractivity contribution in [3.63, 3.8) is 0 Å². The fourth-order valence-electron chi connectivity index (χ4n) is 2.48. The molecule has 1 rings (SSSR count). The molecule has 1 aromatic rings. The Balaban J connectivity index is 3.16. The number of rotatable bonds is 8. The van der Waals surface area contributed by atoms with Crippen LogP contribution in [-0.4, -0.2) is 49.6 Å². The van der Waals surface area contributed by atoms with Gasteiger partial charge in [-0.25, -0.2) is 19.1 Å². The Morgan fingerprint density at radius 2 is 1.68 bits per heavy atom. The van der Waals surface area contributed by atoms with E-state index in [0.29, 0.717) is 5.56 Å². The second-order valence-electron chi connectivity index (χ2n) is 8.11. The lowest BCUT2D eigenvalue weighted by Gasteiger charge is -2.31. The van der Waals surface area contributed by atoms with Crippen LogP contribution in [0.4, 0.5) is 9.59 Å². The van der Waals surface area contributed by atoms with Crippen molar-refractivity contribution in [1.82, 2.24) is 9.03 Å². The molecule has 0 saturated heterocycles. The zero-order chi connectivity index (χ0) is 23.8. The monoisotopic (exact) mass is 458 g/mol. The summed E-state index contributed by atoms with van der Waals surface area (Å²) in [5.41, 5.74) is -0.428. The summed E-state index contributed by atoms with van der Waals surface area (Å²) in [6, 6.07) is 7.05. The third kappa shape index (κ3) is 8.83. The minimum atomic E-state index is -4.86. The molecule has 0 radical (unpaired) electrons. The van der Waals surface area contributed by atoms with Crippen LogP contribution >= 0.6 is 0 Å². The molecule has 0 saturated carbocycles. The van der Waals surface area contributed by atoms with E-state index in [-0.39, 0.29) is 23.3 Å². The van der Waals surface area contributed by atoms with Gasteiger partial charge in [0.15, 0.2) is 6.04 Å². The molecule has 0 aliphatic rings. The number of ether oxygens (including phenoxy) is 3. The van der Waals surface area contributed by atoms with Crippen LogP contribution in [0, 0.1) is 5.92 Å². The predicted molar refractivity (Wildman–Crippen MR) is 112 cm³/mol. The standard InChI is InChI=1S/C20H30N2O8S/c1-14(2)12-16(17(23)28-6)22(19(25)30-20(3,4)5)31(26,27)21-18(24)29-13-15-10-8-7-9-11-15/h7-11,14,16H,12-13H2,1-6H3,(H,21,24). The molecule has 2 amide bonds. The average molecular weight is 459 g/mol. The van der Waals surface area contributed by atoms with Crippen LogP contribution in [0.5, 0.6) is 0 Å². The van der Waals surface area contributed by atoms with Gasteiger partial charge in [0.2, 0.25) is 0 Å². The molecule has 1 aromatic carbocycles. The van der Waals surface area contributed by atoms with Crippen molar-refractivity contribution < 1.29 is 37.0 Å². The van der Waals surface area contributed by atoms with Gasteiger partial charge < -0.3 is 14.2 Å². The number of methoxy groups -OCH3 is 1. The number of nitrogens with one attached hydrogen (secondary N) is 1. The zero-order valence-corrected chi connectivity index (χ0v) is 19.4.